The number of rotatable bonds is 2. The highest BCUT2D eigenvalue weighted by atomic mass is 15.1. The molecule has 0 spiro atoms. The van der Waals surface area contributed by atoms with E-state index in [1.165, 1.54) is 0 Å². The third-order valence-corrected chi connectivity index (χ3v) is 2.82. The van der Waals surface area contributed by atoms with Gasteiger partial charge in [0.05, 0.1) is 5.69 Å². The van der Waals surface area contributed by atoms with Gasteiger partial charge in [0.25, 0.3) is 0 Å². The number of imidazole rings is 1. The molecule has 0 aromatic carbocycles. The van der Waals surface area contributed by atoms with E-state index in [-0.39, 0.29) is 0 Å². The van der Waals surface area contributed by atoms with Crippen LogP contribution in [0.2, 0.25) is 0 Å². The van der Waals surface area contributed by atoms with E-state index in [0.717, 1.165) is 42.9 Å². The lowest BCUT2D eigenvalue weighted by Gasteiger charge is -2.19. The summed E-state index contributed by atoms with van der Waals surface area (Å²) in [6.07, 6.45) is 5.09. The minimum absolute atomic E-state index is 0.291. The van der Waals surface area contributed by atoms with Crippen LogP contribution < -0.4 is 5.73 Å². The van der Waals surface area contributed by atoms with E-state index in [1.54, 1.807) is 0 Å². The molecule has 0 bridgehead atoms. The Morgan fingerprint density at radius 1 is 1.79 bits per heavy atom. The van der Waals surface area contributed by atoms with Crippen LogP contribution in [0.3, 0.4) is 0 Å². The van der Waals surface area contributed by atoms with Gasteiger partial charge in [-0.1, -0.05) is 13.5 Å². The molecule has 1 aliphatic heterocycles. The van der Waals surface area contributed by atoms with Gasteiger partial charge >= 0.3 is 0 Å². The monoisotopic (exact) mass is 191 g/mol. The Kier molecular flexibility index (Phi) is 2.42. The maximum atomic E-state index is 5.90. The van der Waals surface area contributed by atoms with Crippen LogP contribution in [-0.2, 0) is 13.0 Å². The van der Waals surface area contributed by atoms with Crippen molar-refractivity contribution in [3.63, 3.8) is 0 Å². The molecular weight excluding hydrogens is 174 g/mol. The molecule has 14 heavy (non-hydrogen) atoms. The van der Waals surface area contributed by atoms with E-state index >= 15 is 0 Å². The molecule has 76 valence electrons. The van der Waals surface area contributed by atoms with Crippen molar-refractivity contribution < 1.29 is 0 Å². The van der Waals surface area contributed by atoms with Crippen molar-refractivity contribution in [1.82, 2.24) is 9.55 Å². The number of nitrogens with two attached hydrogens (primary N) is 1. The van der Waals surface area contributed by atoms with Crippen molar-refractivity contribution in [3.05, 3.63) is 24.3 Å². The molecule has 3 nitrogen and oxygen atoms in total. The van der Waals surface area contributed by atoms with Crippen molar-refractivity contribution >= 4 is 5.57 Å². The average molecular weight is 191 g/mol. The van der Waals surface area contributed by atoms with Crippen LogP contribution in [0.25, 0.3) is 5.57 Å². The van der Waals surface area contributed by atoms with Crippen LogP contribution in [0.5, 0.6) is 0 Å². The third kappa shape index (κ3) is 1.60. The van der Waals surface area contributed by atoms with Gasteiger partial charge in [0, 0.05) is 25.2 Å². The molecule has 1 atom stereocenters. The molecular formula is C11H17N3. The second-order valence-corrected chi connectivity index (χ2v) is 3.95. The number of aryl methyl sites for hydroxylation is 1. The van der Waals surface area contributed by atoms with Crippen molar-refractivity contribution in [2.75, 3.05) is 0 Å². The zero-order chi connectivity index (χ0) is 10.1. The Bertz CT molecular complexity index is 351. The highest BCUT2D eigenvalue weighted by Crippen LogP contribution is 2.19. The molecule has 1 aliphatic rings. The minimum Gasteiger partial charge on any atom is -0.333 e. The molecule has 2 rings (SSSR count). The second-order valence-electron chi connectivity index (χ2n) is 3.95. The van der Waals surface area contributed by atoms with Crippen LogP contribution in [0.15, 0.2) is 12.8 Å². The number of hydrogen-bond donors (Lipinski definition) is 1. The van der Waals surface area contributed by atoms with Gasteiger partial charge in [-0.2, -0.15) is 0 Å². The molecule has 0 fully saturated rings. The number of fused-ring (bicyclic) bond motifs is 1. The van der Waals surface area contributed by atoms with Gasteiger partial charge in [0.1, 0.15) is 5.82 Å². The minimum atomic E-state index is 0.291. The van der Waals surface area contributed by atoms with Gasteiger partial charge in [-0.3, -0.25) is 0 Å². The Labute approximate surface area is 84.6 Å². The van der Waals surface area contributed by atoms with Crippen LogP contribution in [-0.4, -0.2) is 15.6 Å². The van der Waals surface area contributed by atoms with E-state index < -0.39 is 0 Å². The third-order valence-electron chi connectivity index (χ3n) is 2.82. The van der Waals surface area contributed by atoms with Gasteiger partial charge < -0.3 is 10.3 Å². The molecule has 0 saturated heterocycles. The topological polar surface area (TPSA) is 43.8 Å². The molecule has 3 heteroatoms. The lowest BCUT2D eigenvalue weighted by molar-refractivity contribution is 0.453. The molecule has 1 aromatic heterocycles. The first-order chi connectivity index (χ1) is 6.70. The van der Waals surface area contributed by atoms with Crippen LogP contribution in [0.1, 0.15) is 31.3 Å². The molecule has 2 N–H and O–H groups in total. The Morgan fingerprint density at radius 3 is 3.29 bits per heavy atom. The van der Waals surface area contributed by atoms with E-state index in [0.29, 0.717) is 6.04 Å². The average Bonchev–Trinajstić information content (AvgIpc) is 2.59. The Morgan fingerprint density at radius 2 is 2.57 bits per heavy atom. The maximum absolute atomic E-state index is 5.90. The standard InChI is InChI=1S/C11H17N3/c1-3-8(2)10-7-14-6-9(12)4-5-11(14)13-10/h7,9H,2-6,12H2,1H3. The number of allylic oxidation sites excluding steroid dienone is 1. The predicted octanol–water partition coefficient (Wildman–Crippen LogP) is 1.58. The summed E-state index contributed by atoms with van der Waals surface area (Å²) in [6.45, 7) is 7.00. The fourth-order valence-electron chi connectivity index (χ4n) is 1.82. The van der Waals surface area contributed by atoms with Gasteiger partial charge in [-0.05, 0) is 18.4 Å². The molecule has 2 heterocycles. The molecule has 0 amide bonds. The van der Waals surface area contributed by atoms with E-state index in [4.69, 9.17) is 5.73 Å². The van der Waals surface area contributed by atoms with Gasteiger partial charge in [-0.25, -0.2) is 4.98 Å². The summed E-state index contributed by atoms with van der Waals surface area (Å²) in [4.78, 5) is 4.56. The summed E-state index contributed by atoms with van der Waals surface area (Å²) < 4.78 is 2.17. The fourth-order valence-corrected chi connectivity index (χ4v) is 1.82. The number of nitrogens with zero attached hydrogens (tertiary/aromatic N) is 2. The van der Waals surface area contributed by atoms with Crippen molar-refractivity contribution in [1.29, 1.82) is 0 Å². The van der Waals surface area contributed by atoms with E-state index in [1.807, 2.05) is 0 Å². The lowest BCUT2D eigenvalue weighted by atomic mass is 10.1. The van der Waals surface area contributed by atoms with Crippen LogP contribution in [0, 0.1) is 0 Å². The first kappa shape index (κ1) is 9.46. The Hall–Kier alpha value is -1.09. The van der Waals surface area contributed by atoms with Gasteiger partial charge in [0.15, 0.2) is 0 Å². The normalized spacial score (nSPS) is 20.6. The maximum Gasteiger partial charge on any atom is 0.109 e. The lowest BCUT2D eigenvalue weighted by Crippen LogP contribution is -2.31. The largest absolute Gasteiger partial charge is 0.333 e. The van der Waals surface area contributed by atoms with Gasteiger partial charge in [-0.15, -0.1) is 0 Å². The fraction of sp³-hybridized carbons (Fsp3) is 0.545. The first-order valence-corrected chi connectivity index (χ1v) is 5.20. The van der Waals surface area contributed by atoms with Crippen molar-refractivity contribution in [2.45, 2.75) is 38.8 Å². The molecule has 1 aromatic rings. The molecule has 0 aliphatic carbocycles. The predicted molar refractivity (Wildman–Crippen MR) is 57.8 cm³/mol. The zero-order valence-corrected chi connectivity index (χ0v) is 8.66. The number of hydrogen-bond acceptors (Lipinski definition) is 2. The van der Waals surface area contributed by atoms with Crippen molar-refractivity contribution in [3.8, 4) is 0 Å². The molecule has 1 unspecified atom stereocenters. The summed E-state index contributed by atoms with van der Waals surface area (Å²) in [5, 5.41) is 0. The summed E-state index contributed by atoms with van der Waals surface area (Å²) in [6, 6.07) is 0.291. The molecule has 0 radical (unpaired) electrons. The first-order valence-electron chi connectivity index (χ1n) is 5.20. The number of aromatic nitrogens is 2. The highest BCUT2D eigenvalue weighted by Gasteiger charge is 2.17. The zero-order valence-electron chi connectivity index (χ0n) is 8.66. The quantitative estimate of drug-likeness (QED) is 0.771. The summed E-state index contributed by atoms with van der Waals surface area (Å²) in [5.41, 5.74) is 8.05. The summed E-state index contributed by atoms with van der Waals surface area (Å²) in [7, 11) is 0. The van der Waals surface area contributed by atoms with Crippen LogP contribution >= 0.6 is 0 Å². The van der Waals surface area contributed by atoms with Crippen molar-refractivity contribution in [2.24, 2.45) is 5.73 Å². The highest BCUT2D eigenvalue weighted by molar-refractivity contribution is 5.59. The van der Waals surface area contributed by atoms with E-state index in [9.17, 15) is 0 Å². The second kappa shape index (κ2) is 3.58. The van der Waals surface area contributed by atoms with E-state index in [2.05, 4.69) is 29.3 Å². The van der Waals surface area contributed by atoms with Crippen LogP contribution in [0.4, 0.5) is 0 Å². The van der Waals surface area contributed by atoms with Gasteiger partial charge in [0.2, 0.25) is 0 Å². The smallest absolute Gasteiger partial charge is 0.109 e. The Balaban J connectivity index is 2.27. The summed E-state index contributed by atoms with van der Waals surface area (Å²) in [5.74, 6) is 1.16. The molecule has 0 saturated carbocycles. The SMILES string of the molecule is C=C(CC)c1cn2c(n1)CCC(N)C2. The summed E-state index contributed by atoms with van der Waals surface area (Å²) >= 11 is 0.